The Hall–Kier alpha value is -3.26. The Morgan fingerprint density at radius 3 is 2.47 bits per heavy atom. The van der Waals surface area contributed by atoms with Crippen LogP contribution in [0.25, 0.3) is 6.08 Å². The van der Waals surface area contributed by atoms with Crippen LogP contribution in [0.1, 0.15) is 55.1 Å². The maximum atomic E-state index is 13.5. The van der Waals surface area contributed by atoms with Gasteiger partial charge >= 0.3 is 5.97 Å². The van der Waals surface area contributed by atoms with Crippen LogP contribution in [0.5, 0.6) is 0 Å². The summed E-state index contributed by atoms with van der Waals surface area (Å²) in [7, 11) is 3.17. The summed E-state index contributed by atoms with van der Waals surface area (Å²) in [6.07, 6.45) is 3.57. The molecule has 7 nitrogen and oxygen atoms in total. The summed E-state index contributed by atoms with van der Waals surface area (Å²) in [6.45, 7) is 7.98. The molecule has 8 heteroatoms. The number of carbonyl (C=O) groups excluding carboxylic acids is 1. The average Bonchev–Trinajstić information content (AvgIpc) is 3.25. The van der Waals surface area contributed by atoms with Gasteiger partial charge in [0.2, 0.25) is 0 Å². The fourth-order valence-electron chi connectivity index (χ4n) is 3.90. The SMILES string of the molecule is COC(=O)C1=C(C)N=c2sc(=Cc3ccc(C(C)C)cc3)c(=O)n2C1c1cnn(C)c1C. The van der Waals surface area contributed by atoms with Crippen molar-refractivity contribution in [2.45, 2.75) is 39.7 Å². The zero-order valence-electron chi connectivity index (χ0n) is 19.0. The first kappa shape index (κ1) is 22.0. The highest BCUT2D eigenvalue weighted by Crippen LogP contribution is 2.32. The van der Waals surface area contributed by atoms with Crippen LogP contribution in [0.15, 0.2) is 51.5 Å². The van der Waals surface area contributed by atoms with E-state index in [1.54, 1.807) is 22.4 Å². The predicted octanol–water partition coefficient (Wildman–Crippen LogP) is 2.57. The second-order valence-electron chi connectivity index (χ2n) is 8.20. The van der Waals surface area contributed by atoms with E-state index >= 15 is 0 Å². The molecule has 0 saturated carbocycles. The van der Waals surface area contributed by atoms with Crippen molar-refractivity contribution < 1.29 is 9.53 Å². The van der Waals surface area contributed by atoms with Crippen molar-refractivity contribution in [3.63, 3.8) is 0 Å². The fraction of sp³-hybridized carbons (Fsp3) is 0.333. The van der Waals surface area contributed by atoms with E-state index in [-0.39, 0.29) is 5.56 Å². The number of esters is 1. The van der Waals surface area contributed by atoms with Gasteiger partial charge in [-0.25, -0.2) is 9.79 Å². The fourth-order valence-corrected chi connectivity index (χ4v) is 4.95. The summed E-state index contributed by atoms with van der Waals surface area (Å²) in [4.78, 5) is 31.4. The van der Waals surface area contributed by atoms with E-state index in [0.29, 0.717) is 26.5 Å². The second-order valence-corrected chi connectivity index (χ2v) is 9.21. The minimum Gasteiger partial charge on any atom is -0.466 e. The molecule has 1 aliphatic rings. The maximum Gasteiger partial charge on any atom is 0.338 e. The molecule has 0 N–H and O–H groups in total. The third-order valence-corrected chi connectivity index (χ3v) is 6.88. The monoisotopic (exact) mass is 450 g/mol. The molecule has 0 aliphatic carbocycles. The minimum atomic E-state index is -0.641. The Balaban J connectivity index is 1.93. The van der Waals surface area contributed by atoms with Gasteiger partial charge in [-0.3, -0.25) is 14.0 Å². The molecule has 0 fully saturated rings. The second kappa shape index (κ2) is 8.35. The zero-order chi connectivity index (χ0) is 23.2. The molecule has 166 valence electrons. The first-order valence-electron chi connectivity index (χ1n) is 10.4. The third-order valence-electron chi connectivity index (χ3n) is 5.90. The Morgan fingerprint density at radius 1 is 1.22 bits per heavy atom. The van der Waals surface area contributed by atoms with Crippen molar-refractivity contribution in [1.82, 2.24) is 14.3 Å². The van der Waals surface area contributed by atoms with E-state index in [9.17, 15) is 9.59 Å². The molecule has 1 aromatic carbocycles. The lowest BCUT2D eigenvalue weighted by molar-refractivity contribution is -0.136. The molecule has 2 aromatic heterocycles. The number of hydrogen-bond acceptors (Lipinski definition) is 6. The van der Waals surface area contributed by atoms with Gasteiger partial charge in [-0.05, 0) is 37.0 Å². The van der Waals surface area contributed by atoms with Crippen molar-refractivity contribution in [3.05, 3.63) is 83.8 Å². The number of ether oxygens (including phenoxy) is 1. The first-order valence-corrected chi connectivity index (χ1v) is 11.2. The number of benzene rings is 1. The summed E-state index contributed by atoms with van der Waals surface area (Å²) in [6, 6.07) is 7.55. The molecule has 32 heavy (non-hydrogen) atoms. The third kappa shape index (κ3) is 3.64. The van der Waals surface area contributed by atoms with Crippen molar-refractivity contribution >= 4 is 23.4 Å². The molecule has 3 heterocycles. The van der Waals surface area contributed by atoms with Crippen molar-refractivity contribution in [1.29, 1.82) is 0 Å². The van der Waals surface area contributed by atoms with Gasteiger partial charge in [0.15, 0.2) is 4.80 Å². The molecule has 1 unspecified atom stereocenters. The molecule has 1 aliphatic heterocycles. The van der Waals surface area contributed by atoms with Crippen LogP contribution in [0.2, 0.25) is 0 Å². The molecule has 4 rings (SSSR count). The van der Waals surface area contributed by atoms with Crippen LogP contribution in [-0.4, -0.2) is 27.4 Å². The van der Waals surface area contributed by atoms with E-state index in [1.165, 1.54) is 24.0 Å². The van der Waals surface area contributed by atoms with Crippen LogP contribution in [0.3, 0.4) is 0 Å². The molecular formula is C24H26N4O3S. The van der Waals surface area contributed by atoms with Gasteiger partial charge in [0, 0.05) is 18.3 Å². The van der Waals surface area contributed by atoms with Crippen LogP contribution in [0, 0.1) is 6.92 Å². The van der Waals surface area contributed by atoms with Gasteiger partial charge in [-0.1, -0.05) is 49.4 Å². The number of nitrogens with zero attached hydrogens (tertiary/aromatic N) is 4. The lowest BCUT2D eigenvalue weighted by atomic mass is 9.96. The maximum absolute atomic E-state index is 13.5. The Kier molecular flexibility index (Phi) is 5.73. The number of carbonyl (C=O) groups is 1. The molecule has 0 bridgehead atoms. The smallest absolute Gasteiger partial charge is 0.338 e. The number of thiazole rings is 1. The van der Waals surface area contributed by atoms with Gasteiger partial charge in [0.05, 0.1) is 29.1 Å². The summed E-state index contributed by atoms with van der Waals surface area (Å²) < 4.78 is 8.92. The van der Waals surface area contributed by atoms with Gasteiger partial charge in [0.25, 0.3) is 5.56 Å². The minimum absolute atomic E-state index is 0.191. The Bertz CT molecular complexity index is 1400. The number of fused-ring (bicyclic) bond motifs is 1. The topological polar surface area (TPSA) is 78.5 Å². The molecule has 0 radical (unpaired) electrons. The zero-order valence-corrected chi connectivity index (χ0v) is 19.9. The predicted molar refractivity (Wildman–Crippen MR) is 124 cm³/mol. The molecule has 1 atom stereocenters. The highest BCUT2D eigenvalue weighted by molar-refractivity contribution is 7.07. The normalized spacial score (nSPS) is 16.3. The van der Waals surface area contributed by atoms with Crippen molar-refractivity contribution in [3.8, 4) is 0 Å². The van der Waals surface area contributed by atoms with Crippen LogP contribution >= 0.6 is 11.3 Å². The molecule has 0 amide bonds. The van der Waals surface area contributed by atoms with E-state index < -0.39 is 12.0 Å². The van der Waals surface area contributed by atoms with Gasteiger partial charge in [-0.2, -0.15) is 5.10 Å². The number of allylic oxidation sites excluding steroid dienone is 1. The number of hydrogen-bond donors (Lipinski definition) is 0. The van der Waals surface area contributed by atoms with E-state index in [2.05, 4.69) is 36.1 Å². The highest BCUT2D eigenvalue weighted by Gasteiger charge is 2.34. The van der Waals surface area contributed by atoms with Crippen LogP contribution in [-0.2, 0) is 16.6 Å². The number of aryl methyl sites for hydroxylation is 1. The van der Waals surface area contributed by atoms with E-state index in [0.717, 1.165) is 16.8 Å². The van der Waals surface area contributed by atoms with Crippen molar-refractivity contribution in [2.75, 3.05) is 7.11 Å². The van der Waals surface area contributed by atoms with Crippen LogP contribution in [0.4, 0.5) is 0 Å². The number of methoxy groups -OCH3 is 1. The van der Waals surface area contributed by atoms with E-state index in [1.807, 2.05) is 32.2 Å². The van der Waals surface area contributed by atoms with E-state index in [4.69, 9.17) is 4.74 Å². The Morgan fingerprint density at radius 2 is 1.91 bits per heavy atom. The average molecular weight is 451 g/mol. The molecule has 0 saturated heterocycles. The molecule has 3 aromatic rings. The number of aromatic nitrogens is 3. The van der Waals surface area contributed by atoms with Gasteiger partial charge in [-0.15, -0.1) is 0 Å². The first-order chi connectivity index (χ1) is 15.2. The van der Waals surface area contributed by atoms with Crippen LogP contribution < -0.4 is 14.9 Å². The number of rotatable bonds is 4. The summed E-state index contributed by atoms with van der Waals surface area (Å²) >= 11 is 1.32. The molecule has 0 spiro atoms. The van der Waals surface area contributed by atoms with Crippen molar-refractivity contribution in [2.24, 2.45) is 12.0 Å². The Labute approximate surface area is 190 Å². The van der Waals surface area contributed by atoms with Gasteiger partial charge < -0.3 is 4.74 Å². The standard InChI is InChI=1S/C24H26N4O3S/c1-13(2)17-9-7-16(8-10-17)11-19-22(29)28-21(18-12-25-27(5)15(18)4)20(23(30)31-6)14(3)26-24(28)32-19/h7-13,21H,1-6H3. The van der Waals surface area contributed by atoms with Gasteiger partial charge in [0.1, 0.15) is 6.04 Å². The summed E-state index contributed by atoms with van der Waals surface area (Å²) in [5.41, 5.74) is 4.53. The summed E-state index contributed by atoms with van der Waals surface area (Å²) in [5.74, 6) is -0.0603. The lowest BCUT2D eigenvalue weighted by Crippen LogP contribution is -2.40. The highest BCUT2D eigenvalue weighted by atomic mass is 32.1. The quantitative estimate of drug-likeness (QED) is 0.573. The molecular weight excluding hydrogens is 424 g/mol. The largest absolute Gasteiger partial charge is 0.466 e. The summed E-state index contributed by atoms with van der Waals surface area (Å²) in [5, 5.41) is 4.33. The lowest BCUT2D eigenvalue weighted by Gasteiger charge is -2.23.